The van der Waals surface area contributed by atoms with E-state index in [4.69, 9.17) is 5.26 Å². The average Bonchev–Trinajstić information content (AvgIpc) is 3.13. The zero-order valence-electron chi connectivity index (χ0n) is 16.3. The van der Waals surface area contributed by atoms with Crippen LogP contribution in [0, 0.1) is 11.3 Å². The third-order valence-electron chi connectivity index (χ3n) is 4.35. The van der Waals surface area contributed by atoms with E-state index in [1.807, 2.05) is 18.2 Å². The van der Waals surface area contributed by atoms with Gasteiger partial charge >= 0.3 is 0 Å². The van der Waals surface area contributed by atoms with Gasteiger partial charge in [-0.15, -0.1) is 0 Å². The molecule has 0 saturated heterocycles. The van der Waals surface area contributed by atoms with Crippen LogP contribution in [0.4, 0.5) is 11.5 Å². The van der Waals surface area contributed by atoms with E-state index < -0.39 is 0 Å². The Bertz CT molecular complexity index is 1180. The number of benzene rings is 2. The van der Waals surface area contributed by atoms with Crippen molar-refractivity contribution in [1.82, 2.24) is 9.78 Å². The fourth-order valence-electron chi connectivity index (χ4n) is 2.67. The zero-order valence-corrected chi connectivity index (χ0v) is 16.3. The minimum atomic E-state index is -0.331. The van der Waals surface area contributed by atoms with Crippen LogP contribution < -0.4 is 10.6 Å². The van der Waals surface area contributed by atoms with Crippen LogP contribution >= 0.6 is 0 Å². The van der Waals surface area contributed by atoms with Gasteiger partial charge in [0.05, 0.1) is 17.3 Å². The SMILES string of the molecule is C=CC(=C)C(=O)Nc1ccc(-c2cc(NC(=O)c3cccc(C#N)c3)n(C)n2)cc1. The van der Waals surface area contributed by atoms with Gasteiger partial charge in [-0.1, -0.05) is 37.4 Å². The third-order valence-corrected chi connectivity index (χ3v) is 4.35. The first-order valence-corrected chi connectivity index (χ1v) is 9.00. The molecule has 2 N–H and O–H groups in total. The fraction of sp³-hybridized carbons (Fsp3) is 0.0435. The van der Waals surface area contributed by atoms with Gasteiger partial charge in [-0.2, -0.15) is 10.4 Å². The number of rotatable bonds is 6. The maximum atomic E-state index is 12.5. The maximum absolute atomic E-state index is 12.5. The molecule has 0 aliphatic carbocycles. The molecule has 0 unspecified atom stereocenters. The van der Waals surface area contributed by atoms with E-state index in [0.29, 0.717) is 28.3 Å². The predicted octanol–water partition coefficient (Wildman–Crippen LogP) is 3.89. The van der Waals surface area contributed by atoms with Crippen LogP contribution in [-0.4, -0.2) is 21.6 Å². The Labute approximate surface area is 174 Å². The summed E-state index contributed by atoms with van der Waals surface area (Å²) in [5, 5.41) is 18.9. The van der Waals surface area contributed by atoms with Gasteiger partial charge < -0.3 is 10.6 Å². The largest absolute Gasteiger partial charge is 0.322 e. The number of aromatic nitrogens is 2. The van der Waals surface area contributed by atoms with Crippen molar-refractivity contribution in [3.8, 4) is 17.3 Å². The lowest BCUT2D eigenvalue weighted by Crippen LogP contribution is -2.14. The highest BCUT2D eigenvalue weighted by molar-refractivity contribution is 6.05. The molecular formula is C23H19N5O2. The Morgan fingerprint density at radius 2 is 1.87 bits per heavy atom. The molecule has 0 bridgehead atoms. The smallest absolute Gasteiger partial charge is 0.256 e. The molecule has 3 aromatic rings. The topological polar surface area (TPSA) is 99.8 Å². The summed E-state index contributed by atoms with van der Waals surface area (Å²) in [6.07, 6.45) is 1.39. The Morgan fingerprint density at radius 3 is 2.53 bits per heavy atom. The van der Waals surface area contributed by atoms with E-state index in [9.17, 15) is 9.59 Å². The van der Waals surface area contributed by atoms with Crippen molar-refractivity contribution in [2.75, 3.05) is 10.6 Å². The summed E-state index contributed by atoms with van der Waals surface area (Å²) in [6.45, 7) is 7.13. The van der Waals surface area contributed by atoms with Gasteiger partial charge in [0.25, 0.3) is 11.8 Å². The Balaban J connectivity index is 1.75. The molecule has 2 aromatic carbocycles. The number of amides is 2. The summed E-state index contributed by atoms with van der Waals surface area (Å²) in [6, 6.07) is 17.4. The van der Waals surface area contributed by atoms with Crippen molar-refractivity contribution in [2.24, 2.45) is 7.05 Å². The summed E-state index contributed by atoms with van der Waals surface area (Å²) in [5.74, 6) is -0.139. The monoisotopic (exact) mass is 397 g/mol. The van der Waals surface area contributed by atoms with E-state index in [0.717, 1.165) is 5.56 Å². The van der Waals surface area contributed by atoms with E-state index in [2.05, 4.69) is 28.9 Å². The molecule has 7 nitrogen and oxygen atoms in total. The lowest BCUT2D eigenvalue weighted by atomic mass is 10.1. The van der Waals surface area contributed by atoms with Crippen LogP contribution in [0.1, 0.15) is 15.9 Å². The van der Waals surface area contributed by atoms with Crippen molar-refractivity contribution in [3.63, 3.8) is 0 Å². The molecule has 1 heterocycles. The van der Waals surface area contributed by atoms with Gasteiger partial charge in [-0.05, 0) is 30.3 Å². The zero-order chi connectivity index (χ0) is 21.7. The first-order chi connectivity index (χ1) is 14.4. The number of carbonyl (C=O) groups excluding carboxylic acids is 2. The summed E-state index contributed by atoms with van der Waals surface area (Å²) >= 11 is 0. The molecule has 0 aliphatic heterocycles. The van der Waals surface area contributed by atoms with E-state index in [-0.39, 0.29) is 17.4 Å². The van der Waals surface area contributed by atoms with E-state index in [1.165, 1.54) is 12.1 Å². The molecule has 0 saturated carbocycles. The number of carbonyl (C=O) groups is 2. The lowest BCUT2D eigenvalue weighted by Gasteiger charge is -2.05. The van der Waals surface area contributed by atoms with Crippen LogP contribution in [0.25, 0.3) is 11.3 Å². The molecule has 0 atom stereocenters. The molecule has 2 amide bonds. The minimum absolute atomic E-state index is 0.282. The highest BCUT2D eigenvalue weighted by Gasteiger charge is 2.13. The second-order valence-electron chi connectivity index (χ2n) is 6.45. The number of hydrogen-bond acceptors (Lipinski definition) is 4. The summed E-state index contributed by atoms with van der Waals surface area (Å²) in [4.78, 5) is 24.3. The van der Waals surface area contributed by atoms with Crippen LogP contribution in [0.5, 0.6) is 0 Å². The highest BCUT2D eigenvalue weighted by Crippen LogP contribution is 2.23. The average molecular weight is 397 g/mol. The first kappa shape index (κ1) is 20.3. The van der Waals surface area contributed by atoms with Crippen LogP contribution in [0.2, 0.25) is 0 Å². The predicted molar refractivity (Wildman–Crippen MR) is 116 cm³/mol. The van der Waals surface area contributed by atoms with Crippen molar-refractivity contribution in [2.45, 2.75) is 0 Å². The minimum Gasteiger partial charge on any atom is -0.322 e. The molecule has 1 aromatic heterocycles. The standard InChI is InChI=1S/C23H19N5O2/c1-4-15(2)22(29)25-19-10-8-17(9-11-19)20-13-21(28(3)27-20)26-23(30)18-7-5-6-16(12-18)14-24/h4-13H,1-2H2,3H3,(H,25,29)(H,26,30). The lowest BCUT2D eigenvalue weighted by molar-refractivity contribution is -0.112. The Morgan fingerprint density at radius 1 is 1.13 bits per heavy atom. The number of nitrogens with one attached hydrogen (secondary N) is 2. The maximum Gasteiger partial charge on any atom is 0.256 e. The van der Waals surface area contributed by atoms with Crippen LogP contribution in [0.3, 0.4) is 0 Å². The van der Waals surface area contributed by atoms with Crippen molar-refractivity contribution >= 4 is 23.3 Å². The van der Waals surface area contributed by atoms with Crippen molar-refractivity contribution in [3.05, 3.63) is 90.5 Å². The van der Waals surface area contributed by atoms with Gasteiger partial charge in [-0.25, -0.2) is 0 Å². The third kappa shape index (κ3) is 4.51. The Hall–Kier alpha value is -4.44. The number of aryl methyl sites for hydroxylation is 1. The van der Waals surface area contributed by atoms with Gasteiger partial charge in [0.2, 0.25) is 0 Å². The normalized spacial score (nSPS) is 10.0. The second kappa shape index (κ2) is 8.71. The molecule has 148 valence electrons. The van der Waals surface area contributed by atoms with Gasteiger partial charge in [0, 0.05) is 35.5 Å². The summed E-state index contributed by atoms with van der Waals surface area (Å²) in [7, 11) is 1.72. The number of nitriles is 1. The van der Waals surface area contributed by atoms with Gasteiger partial charge in [0.15, 0.2) is 0 Å². The molecule has 0 aliphatic rings. The molecule has 7 heteroatoms. The molecule has 30 heavy (non-hydrogen) atoms. The van der Waals surface area contributed by atoms with E-state index >= 15 is 0 Å². The molecule has 3 rings (SSSR count). The van der Waals surface area contributed by atoms with Gasteiger partial charge in [0.1, 0.15) is 5.82 Å². The van der Waals surface area contributed by atoms with Crippen molar-refractivity contribution in [1.29, 1.82) is 5.26 Å². The van der Waals surface area contributed by atoms with Gasteiger partial charge in [-0.3, -0.25) is 14.3 Å². The molecule has 0 radical (unpaired) electrons. The fourth-order valence-corrected chi connectivity index (χ4v) is 2.67. The first-order valence-electron chi connectivity index (χ1n) is 9.00. The summed E-state index contributed by atoms with van der Waals surface area (Å²) in [5.41, 5.74) is 3.18. The molecule has 0 fully saturated rings. The highest BCUT2D eigenvalue weighted by atomic mass is 16.2. The quantitative estimate of drug-likeness (QED) is 0.487. The number of hydrogen-bond donors (Lipinski definition) is 2. The second-order valence-corrected chi connectivity index (χ2v) is 6.45. The van der Waals surface area contributed by atoms with Crippen LogP contribution in [0.15, 0.2) is 79.4 Å². The number of anilines is 2. The van der Waals surface area contributed by atoms with Crippen molar-refractivity contribution < 1.29 is 9.59 Å². The van der Waals surface area contributed by atoms with E-state index in [1.54, 1.807) is 48.1 Å². The van der Waals surface area contributed by atoms with Crippen LogP contribution in [-0.2, 0) is 11.8 Å². The molecule has 0 spiro atoms. The number of nitrogens with zero attached hydrogens (tertiary/aromatic N) is 3. The summed E-state index contributed by atoms with van der Waals surface area (Å²) < 4.78 is 1.56. The Kier molecular flexibility index (Phi) is 5.89. The molecular weight excluding hydrogens is 378 g/mol.